The minimum atomic E-state index is -1.38. The Labute approximate surface area is 232 Å². The van der Waals surface area contributed by atoms with Crippen molar-refractivity contribution in [1.82, 2.24) is 4.90 Å². The zero-order chi connectivity index (χ0) is 25.9. The Morgan fingerprint density at radius 3 is 2.76 bits per heavy atom. The molecule has 3 aromatic carbocycles. The largest absolute Gasteiger partial charge is 0.489 e. The van der Waals surface area contributed by atoms with E-state index in [1.165, 1.54) is 0 Å². The van der Waals surface area contributed by atoms with E-state index in [-0.39, 0.29) is 23.5 Å². The van der Waals surface area contributed by atoms with Gasteiger partial charge in [0.15, 0.2) is 5.54 Å². The number of para-hydroxylation sites is 1. The highest BCUT2D eigenvalue weighted by Gasteiger charge is 2.73. The summed E-state index contributed by atoms with van der Waals surface area (Å²) in [6.45, 7) is 0.779. The van der Waals surface area contributed by atoms with Crippen molar-refractivity contribution in [2.24, 2.45) is 0 Å². The summed E-state index contributed by atoms with van der Waals surface area (Å²) in [5.41, 5.74) is 1.37. The Morgan fingerprint density at radius 1 is 1.16 bits per heavy atom. The van der Waals surface area contributed by atoms with Crippen molar-refractivity contribution in [3.05, 3.63) is 102 Å². The molecule has 1 amide bonds. The maximum absolute atomic E-state index is 13.7. The first-order valence-corrected chi connectivity index (χ1v) is 13.5. The average molecular weight is 603 g/mol. The van der Waals surface area contributed by atoms with Gasteiger partial charge >= 0.3 is 0 Å². The molecular weight excluding hydrogens is 581 g/mol. The molecule has 0 radical (unpaired) electrons. The lowest BCUT2D eigenvalue weighted by molar-refractivity contribution is -0.534. The number of benzene rings is 3. The van der Waals surface area contributed by atoms with Crippen molar-refractivity contribution in [2.75, 3.05) is 11.9 Å². The predicted molar refractivity (Wildman–Crippen MR) is 145 cm³/mol. The molecule has 2 fully saturated rings. The summed E-state index contributed by atoms with van der Waals surface area (Å²) in [7, 11) is 0. The summed E-state index contributed by atoms with van der Waals surface area (Å²) in [4.78, 5) is 28.4. The van der Waals surface area contributed by atoms with Crippen LogP contribution in [0.15, 0.2) is 65.1 Å². The van der Waals surface area contributed by atoms with Crippen molar-refractivity contribution >= 4 is 50.7 Å². The van der Waals surface area contributed by atoms with E-state index < -0.39 is 17.5 Å². The molecule has 0 aliphatic carbocycles. The fourth-order valence-corrected chi connectivity index (χ4v) is 7.30. The molecule has 0 bridgehead atoms. The second-order valence-corrected chi connectivity index (χ2v) is 11.4. The van der Waals surface area contributed by atoms with Crippen LogP contribution >= 0.6 is 39.1 Å². The molecule has 3 aliphatic rings. The van der Waals surface area contributed by atoms with Crippen LogP contribution in [0.25, 0.3) is 0 Å². The van der Waals surface area contributed by atoms with Crippen LogP contribution in [0.1, 0.15) is 35.4 Å². The van der Waals surface area contributed by atoms with Crippen LogP contribution < -0.4 is 10.1 Å². The second kappa shape index (κ2) is 9.27. The number of halogens is 3. The predicted octanol–water partition coefficient (Wildman–Crippen LogP) is 6.39. The number of amides is 1. The van der Waals surface area contributed by atoms with Crippen LogP contribution in [0.5, 0.6) is 5.75 Å². The SMILES string of the molecule is O=C1Nc2ccccc2[C@]12[C@H]([N+](=O)[O-])[C@H](c1cc(Br)ccc1OCc1ccc(Cl)cc1Cl)[C@H]1CCCN12. The molecule has 1 spiro atoms. The summed E-state index contributed by atoms with van der Waals surface area (Å²) in [5.74, 6) is -0.375. The van der Waals surface area contributed by atoms with Gasteiger partial charge < -0.3 is 10.1 Å². The van der Waals surface area contributed by atoms with Gasteiger partial charge in [-0.05, 0) is 49.2 Å². The zero-order valence-corrected chi connectivity index (χ0v) is 22.6. The van der Waals surface area contributed by atoms with E-state index in [0.29, 0.717) is 39.2 Å². The monoisotopic (exact) mass is 601 g/mol. The third kappa shape index (κ3) is 3.76. The fourth-order valence-electron chi connectivity index (χ4n) is 6.45. The summed E-state index contributed by atoms with van der Waals surface area (Å²) in [5, 5.41) is 16.8. The van der Waals surface area contributed by atoms with Gasteiger partial charge in [0.1, 0.15) is 12.4 Å². The van der Waals surface area contributed by atoms with Crippen LogP contribution in [-0.2, 0) is 16.9 Å². The first kappa shape index (κ1) is 24.7. The van der Waals surface area contributed by atoms with E-state index in [4.69, 9.17) is 27.9 Å². The number of rotatable bonds is 5. The van der Waals surface area contributed by atoms with Crippen LogP contribution in [0, 0.1) is 10.1 Å². The molecule has 7 nitrogen and oxygen atoms in total. The Balaban J connectivity index is 1.47. The molecule has 0 saturated carbocycles. The van der Waals surface area contributed by atoms with E-state index in [2.05, 4.69) is 26.1 Å². The first-order valence-electron chi connectivity index (χ1n) is 12.0. The van der Waals surface area contributed by atoms with E-state index in [1.807, 2.05) is 36.4 Å². The molecule has 2 saturated heterocycles. The third-order valence-corrected chi connectivity index (χ3v) is 8.90. The molecule has 6 rings (SSSR count). The van der Waals surface area contributed by atoms with Crippen LogP contribution in [0.3, 0.4) is 0 Å². The van der Waals surface area contributed by atoms with Crippen LogP contribution in [0.2, 0.25) is 10.0 Å². The highest BCUT2D eigenvalue weighted by molar-refractivity contribution is 9.10. The number of nitrogens with zero attached hydrogens (tertiary/aromatic N) is 2. The average Bonchev–Trinajstić information content (AvgIpc) is 3.52. The second-order valence-electron chi connectivity index (χ2n) is 9.63. The van der Waals surface area contributed by atoms with Crippen molar-refractivity contribution in [1.29, 1.82) is 0 Å². The smallest absolute Gasteiger partial charge is 0.256 e. The summed E-state index contributed by atoms with van der Waals surface area (Å²) < 4.78 is 7.03. The standard InChI is InChI=1S/C27H22BrCl2N3O4/c28-16-8-10-23(37-14-15-7-9-17(29)13-20(15)30)18(12-16)24-22-6-3-11-32(22)27(25(24)33(35)36)19-4-1-2-5-21(19)31-26(27)34/h1-2,4-5,7-10,12-13,22,24-25H,3,6,11,14H2,(H,31,34)/t22-,24-,25-,27+/m1/s1. The van der Waals surface area contributed by atoms with Gasteiger partial charge in [-0.1, -0.05) is 63.4 Å². The van der Waals surface area contributed by atoms with Crippen molar-refractivity contribution in [3.63, 3.8) is 0 Å². The van der Waals surface area contributed by atoms with E-state index in [1.54, 1.807) is 24.3 Å². The van der Waals surface area contributed by atoms with Gasteiger partial charge in [0.05, 0.1) is 5.92 Å². The number of anilines is 1. The van der Waals surface area contributed by atoms with Gasteiger partial charge in [0.2, 0.25) is 0 Å². The van der Waals surface area contributed by atoms with Gasteiger partial charge in [-0.2, -0.15) is 0 Å². The van der Waals surface area contributed by atoms with Crippen molar-refractivity contribution < 1.29 is 14.5 Å². The topological polar surface area (TPSA) is 84.7 Å². The number of nitro groups is 1. The molecule has 3 aromatic rings. The van der Waals surface area contributed by atoms with E-state index in [0.717, 1.165) is 22.9 Å². The molecular formula is C27H22BrCl2N3O4. The quantitative estimate of drug-likeness (QED) is 0.270. The fraction of sp³-hybridized carbons (Fsp3) is 0.296. The van der Waals surface area contributed by atoms with Crippen LogP contribution in [0.4, 0.5) is 5.69 Å². The Hall–Kier alpha value is -2.65. The van der Waals surface area contributed by atoms with Crippen molar-refractivity contribution in [3.8, 4) is 5.75 Å². The molecule has 4 atom stereocenters. The maximum Gasteiger partial charge on any atom is 0.256 e. The Bertz CT molecular complexity index is 1440. The maximum atomic E-state index is 13.7. The number of hydrogen-bond acceptors (Lipinski definition) is 5. The van der Waals surface area contributed by atoms with Gasteiger partial charge in [-0.15, -0.1) is 0 Å². The lowest BCUT2D eigenvalue weighted by Gasteiger charge is -2.32. The Kier molecular flexibility index (Phi) is 6.18. The normalized spacial score (nSPS) is 26.2. The summed E-state index contributed by atoms with van der Waals surface area (Å²) in [6.07, 6.45) is 1.61. The van der Waals surface area contributed by atoms with Gasteiger partial charge in [0, 0.05) is 54.4 Å². The number of fused-ring (bicyclic) bond motifs is 4. The van der Waals surface area contributed by atoms with E-state index in [9.17, 15) is 14.9 Å². The lowest BCUT2D eigenvalue weighted by atomic mass is 9.77. The highest BCUT2D eigenvalue weighted by Crippen LogP contribution is 2.59. The number of hydrogen-bond donors (Lipinski definition) is 1. The number of ether oxygens (including phenoxy) is 1. The van der Waals surface area contributed by atoms with Crippen molar-refractivity contribution in [2.45, 2.75) is 43.0 Å². The molecule has 3 aliphatic heterocycles. The minimum Gasteiger partial charge on any atom is -0.489 e. The molecule has 10 heteroatoms. The van der Waals surface area contributed by atoms with Gasteiger partial charge in [0.25, 0.3) is 11.9 Å². The molecule has 37 heavy (non-hydrogen) atoms. The molecule has 0 unspecified atom stereocenters. The molecule has 3 heterocycles. The molecule has 0 aromatic heterocycles. The third-order valence-electron chi connectivity index (χ3n) is 7.82. The van der Waals surface area contributed by atoms with Gasteiger partial charge in [-0.3, -0.25) is 19.8 Å². The number of carbonyl (C=O) groups is 1. The van der Waals surface area contributed by atoms with E-state index >= 15 is 0 Å². The lowest BCUT2D eigenvalue weighted by Crippen LogP contribution is -2.55. The zero-order valence-electron chi connectivity index (χ0n) is 19.5. The minimum absolute atomic E-state index is 0.170. The summed E-state index contributed by atoms with van der Waals surface area (Å²) in [6, 6.07) is 16.6. The number of nitrogens with one attached hydrogen (secondary N) is 1. The van der Waals surface area contributed by atoms with Gasteiger partial charge in [-0.25, -0.2) is 0 Å². The van der Waals surface area contributed by atoms with Crippen LogP contribution in [-0.4, -0.2) is 34.4 Å². The first-order chi connectivity index (χ1) is 17.8. The number of carbonyl (C=O) groups excluding carboxylic acids is 1. The highest BCUT2D eigenvalue weighted by atomic mass is 79.9. The molecule has 1 N–H and O–H groups in total. The summed E-state index contributed by atoms with van der Waals surface area (Å²) >= 11 is 15.9. The molecule has 190 valence electrons. The Morgan fingerprint density at radius 2 is 1.97 bits per heavy atom.